The van der Waals surface area contributed by atoms with Gasteiger partial charge in [0.1, 0.15) is 18.8 Å². The Labute approximate surface area is 230 Å². The quantitative estimate of drug-likeness (QED) is 0.168. The van der Waals surface area contributed by atoms with Gasteiger partial charge in [0.25, 0.3) is 0 Å². The van der Waals surface area contributed by atoms with E-state index >= 15 is 0 Å². The van der Waals surface area contributed by atoms with Gasteiger partial charge in [-0.2, -0.15) is 0 Å². The molecule has 0 saturated heterocycles. The van der Waals surface area contributed by atoms with Gasteiger partial charge in [0.15, 0.2) is 11.5 Å². The van der Waals surface area contributed by atoms with E-state index in [-0.39, 0.29) is 50.1 Å². The summed E-state index contributed by atoms with van der Waals surface area (Å²) in [6.45, 7) is 11.6. The Hall–Kier alpha value is -3.34. The number of hydrogen-bond acceptors (Lipinski definition) is 11. The molecular formula is C28H43NO10. The van der Waals surface area contributed by atoms with Crippen molar-refractivity contribution in [3.8, 4) is 11.5 Å². The predicted octanol–water partition coefficient (Wildman–Crippen LogP) is 4.95. The van der Waals surface area contributed by atoms with Gasteiger partial charge in [0.2, 0.25) is 0 Å². The van der Waals surface area contributed by atoms with Crippen molar-refractivity contribution in [3.05, 3.63) is 23.8 Å². The molecule has 0 heterocycles. The number of carbonyl (C=O) groups is 4. The summed E-state index contributed by atoms with van der Waals surface area (Å²) < 4.78 is 31.0. The van der Waals surface area contributed by atoms with E-state index in [1.807, 2.05) is 34.6 Å². The smallest absolute Gasteiger partial charge is 0.461 e. The van der Waals surface area contributed by atoms with Gasteiger partial charge in [-0.1, -0.05) is 40.7 Å². The van der Waals surface area contributed by atoms with E-state index in [1.54, 1.807) is 13.0 Å². The highest BCUT2D eigenvalue weighted by Crippen LogP contribution is 2.30. The van der Waals surface area contributed by atoms with Crippen LogP contribution in [0.4, 0.5) is 9.59 Å². The fraction of sp³-hybridized carbons (Fsp3) is 0.643. The zero-order valence-electron chi connectivity index (χ0n) is 23.9. The van der Waals surface area contributed by atoms with Gasteiger partial charge >= 0.3 is 24.2 Å². The Bertz CT molecular complexity index is 931. The second-order valence-electron chi connectivity index (χ2n) is 10.0. The number of benzene rings is 1. The third-order valence-electron chi connectivity index (χ3n) is 5.23. The summed E-state index contributed by atoms with van der Waals surface area (Å²) in [5.74, 6) is -0.558. The second kappa shape index (κ2) is 18.0. The van der Waals surface area contributed by atoms with Crippen LogP contribution in [0.15, 0.2) is 18.2 Å². The predicted molar refractivity (Wildman–Crippen MR) is 142 cm³/mol. The van der Waals surface area contributed by atoms with E-state index in [0.717, 1.165) is 0 Å². The molecule has 0 saturated carbocycles. The average molecular weight is 554 g/mol. The van der Waals surface area contributed by atoms with Crippen molar-refractivity contribution in [2.75, 3.05) is 19.8 Å². The maximum atomic E-state index is 12.4. The van der Waals surface area contributed by atoms with E-state index in [9.17, 15) is 19.2 Å². The molecule has 0 aliphatic rings. The molecule has 0 unspecified atom stereocenters. The van der Waals surface area contributed by atoms with Crippen LogP contribution in [0.5, 0.6) is 11.5 Å². The number of esters is 2. The monoisotopic (exact) mass is 553 g/mol. The van der Waals surface area contributed by atoms with Crippen LogP contribution in [-0.4, -0.2) is 56.2 Å². The molecule has 1 aromatic rings. The van der Waals surface area contributed by atoms with Gasteiger partial charge in [0, 0.05) is 6.42 Å². The highest BCUT2D eigenvalue weighted by Gasteiger charge is 2.21. The van der Waals surface area contributed by atoms with Gasteiger partial charge in [-0.25, -0.2) is 9.59 Å². The minimum absolute atomic E-state index is 0.0285. The molecule has 0 fully saturated rings. The number of rotatable bonds is 16. The summed E-state index contributed by atoms with van der Waals surface area (Å²) in [4.78, 5) is 48.3. The van der Waals surface area contributed by atoms with Crippen LogP contribution in [0, 0.1) is 11.8 Å². The molecule has 0 radical (unpaired) electrons. The van der Waals surface area contributed by atoms with Crippen molar-refractivity contribution in [2.45, 2.75) is 85.8 Å². The minimum Gasteiger partial charge on any atom is -0.461 e. The first-order valence-electron chi connectivity index (χ1n) is 13.3. The molecule has 11 nitrogen and oxygen atoms in total. The Kier molecular flexibility index (Phi) is 15.6. The Morgan fingerprint density at radius 3 is 1.92 bits per heavy atom. The number of hydrogen-bond donors (Lipinski definition) is 1. The summed E-state index contributed by atoms with van der Waals surface area (Å²) >= 11 is 0. The van der Waals surface area contributed by atoms with Gasteiger partial charge in [-0.15, -0.1) is 0 Å². The molecule has 0 aliphatic heterocycles. The normalized spacial score (nSPS) is 12.4. The molecular weight excluding hydrogens is 510 g/mol. The van der Waals surface area contributed by atoms with E-state index < -0.39 is 30.4 Å². The molecule has 2 N–H and O–H groups in total. The molecule has 39 heavy (non-hydrogen) atoms. The molecule has 1 rings (SSSR count). The van der Waals surface area contributed by atoms with Gasteiger partial charge in [-0.3, -0.25) is 9.59 Å². The summed E-state index contributed by atoms with van der Waals surface area (Å²) in [7, 11) is 0. The van der Waals surface area contributed by atoms with Crippen LogP contribution < -0.4 is 15.2 Å². The molecule has 2 atom stereocenters. The van der Waals surface area contributed by atoms with Crippen LogP contribution in [0.25, 0.3) is 0 Å². The van der Waals surface area contributed by atoms with Crippen molar-refractivity contribution in [1.82, 2.24) is 0 Å². The highest BCUT2D eigenvalue weighted by atomic mass is 16.7. The fourth-order valence-electron chi connectivity index (χ4n) is 3.00. The van der Waals surface area contributed by atoms with Crippen LogP contribution in [0.1, 0.15) is 72.8 Å². The first kappa shape index (κ1) is 33.7. The maximum Gasteiger partial charge on any atom is 0.513 e. The summed E-state index contributed by atoms with van der Waals surface area (Å²) in [5.41, 5.74) is 6.51. The van der Waals surface area contributed by atoms with Crippen LogP contribution in [0.3, 0.4) is 0 Å². The lowest BCUT2D eigenvalue weighted by Gasteiger charge is -2.17. The van der Waals surface area contributed by atoms with Gasteiger partial charge in [0.05, 0.1) is 13.2 Å². The third-order valence-corrected chi connectivity index (χ3v) is 5.23. The van der Waals surface area contributed by atoms with E-state index in [2.05, 4.69) is 0 Å². The Morgan fingerprint density at radius 1 is 0.821 bits per heavy atom. The number of nitrogens with two attached hydrogens (primary N) is 1. The second-order valence-corrected chi connectivity index (χ2v) is 10.0. The van der Waals surface area contributed by atoms with E-state index in [0.29, 0.717) is 36.7 Å². The molecule has 0 amide bonds. The average Bonchev–Trinajstić information content (AvgIpc) is 2.83. The topological polar surface area (TPSA) is 150 Å². The van der Waals surface area contributed by atoms with Crippen molar-refractivity contribution in [2.24, 2.45) is 17.6 Å². The van der Waals surface area contributed by atoms with E-state index in [4.69, 9.17) is 34.2 Å². The number of ether oxygens (including phenoxy) is 6. The van der Waals surface area contributed by atoms with Crippen LogP contribution >= 0.6 is 0 Å². The van der Waals surface area contributed by atoms with Crippen molar-refractivity contribution >= 4 is 24.2 Å². The lowest BCUT2D eigenvalue weighted by molar-refractivity contribution is -0.158. The SMILES string of the molecule is CCCC(=O)O[C@@H](C)COC(=O)[C@@H](N)Cc1ccc(OC(=O)OCCC(C)C)c(OC(=O)OCCC(C)C)c1. The molecule has 0 spiro atoms. The summed E-state index contributed by atoms with van der Waals surface area (Å²) in [6.07, 6.45) is -0.262. The lowest BCUT2D eigenvalue weighted by Crippen LogP contribution is -2.36. The highest BCUT2D eigenvalue weighted by molar-refractivity contribution is 5.76. The van der Waals surface area contributed by atoms with Crippen molar-refractivity contribution < 1.29 is 47.6 Å². The lowest BCUT2D eigenvalue weighted by atomic mass is 10.1. The molecule has 1 aromatic carbocycles. The summed E-state index contributed by atoms with van der Waals surface area (Å²) in [6, 6.07) is 3.34. The van der Waals surface area contributed by atoms with Crippen molar-refractivity contribution in [1.29, 1.82) is 0 Å². The zero-order chi connectivity index (χ0) is 29.4. The fourth-order valence-corrected chi connectivity index (χ4v) is 3.00. The summed E-state index contributed by atoms with van der Waals surface area (Å²) in [5, 5.41) is 0. The largest absolute Gasteiger partial charge is 0.513 e. The van der Waals surface area contributed by atoms with E-state index in [1.165, 1.54) is 12.1 Å². The molecule has 11 heteroatoms. The standard InChI is InChI=1S/C28H43NO10/c1-7-8-25(30)37-20(6)17-36-26(31)22(29)15-21-9-10-23(38-27(32)34-13-11-18(2)3)24(16-21)39-28(33)35-14-12-19(4)5/h9-10,16,18-20,22H,7-8,11-15,17,29H2,1-6H3/t20-,22-/m0/s1. The van der Waals surface area contributed by atoms with Crippen LogP contribution in [-0.2, 0) is 35.0 Å². The molecule has 0 aliphatic carbocycles. The molecule has 220 valence electrons. The first-order chi connectivity index (χ1) is 18.4. The molecule has 0 bridgehead atoms. The van der Waals surface area contributed by atoms with Crippen LogP contribution in [0.2, 0.25) is 0 Å². The van der Waals surface area contributed by atoms with Crippen molar-refractivity contribution in [3.63, 3.8) is 0 Å². The first-order valence-corrected chi connectivity index (χ1v) is 13.3. The minimum atomic E-state index is -1.05. The third kappa shape index (κ3) is 15.0. The van der Waals surface area contributed by atoms with Gasteiger partial charge < -0.3 is 34.2 Å². The molecule has 0 aromatic heterocycles. The Balaban J connectivity index is 2.86. The number of carbonyl (C=O) groups excluding carboxylic acids is 4. The maximum absolute atomic E-state index is 12.4. The Morgan fingerprint density at radius 2 is 1.38 bits per heavy atom. The zero-order valence-corrected chi connectivity index (χ0v) is 23.9. The van der Waals surface area contributed by atoms with Gasteiger partial charge in [-0.05, 0) is 62.1 Å².